The van der Waals surface area contributed by atoms with Crippen molar-refractivity contribution in [1.82, 2.24) is 14.7 Å². The predicted molar refractivity (Wildman–Crippen MR) is 94.3 cm³/mol. The molecule has 0 spiro atoms. The zero-order chi connectivity index (χ0) is 16.4. The van der Waals surface area contributed by atoms with Crippen LogP contribution in [0.15, 0.2) is 79.4 Å². The van der Waals surface area contributed by atoms with Crippen LogP contribution < -0.4 is 9.64 Å². The number of anilines is 1. The average Bonchev–Trinajstić information content (AvgIpc) is 3.27. The predicted octanol–water partition coefficient (Wildman–Crippen LogP) is 3.85. The second-order valence-electron chi connectivity index (χ2n) is 5.71. The summed E-state index contributed by atoms with van der Waals surface area (Å²) in [5.41, 5.74) is 2.08. The summed E-state index contributed by atoms with van der Waals surface area (Å²) in [6.07, 6.45) is 7.80. The van der Waals surface area contributed by atoms with Gasteiger partial charge in [0.15, 0.2) is 0 Å². The minimum absolute atomic E-state index is 0.786. The zero-order valence-corrected chi connectivity index (χ0v) is 13.4. The van der Waals surface area contributed by atoms with Gasteiger partial charge in [0.05, 0.1) is 12.4 Å². The maximum atomic E-state index is 6.04. The lowest BCUT2D eigenvalue weighted by atomic mass is 10.2. The van der Waals surface area contributed by atoms with E-state index >= 15 is 0 Å². The van der Waals surface area contributed by atoms with Crippen molar-refractivity contribution in [3.8, 4) is 17.2 Å². The van der Waals surface area contributed by atoms with Crippen LogP contribution in [0.5, 0.6) is 11.5 Å². The molecule has 0 aliphatic carbocycles. The van der Waals surface area contributed by atoms with Gasteiger partial charge in [-0.1, -0.05) is 12.1 Å². The lowest BCUT2D eigenvalue weighted by molar-refractivity contribution is 0.480. The van der Waals surface area contributed by atoms with Gasteiger partial charge in [0.25, 0.3) is 0 Å². The van der Waals surface area contributed by atoms with Gasteiger partial charge in [-0.05, 0) is 30.3 Å². The molecule has 3 aromatic rings. The lowest BCUT2D eigenvalue weighted by Gasteiger charge is -2.19. The third kappa shape index (κ3) is 2.96. The highest BCUT2D eigenvalue weighted by Crippen LogP contribution is 2.28. The van der Waals surface area contributed by atoms with Gasteiger partial charge in [-0.3, -0.25) is 0 Å². The Morgan fingerprint density at radius 1 is 0.917 bits per heavy atom. The molecule has 1 aliphatic heterocycles. The number of ether oxygens (including phenoxy) is 1. The third-order valence-corrected chi connectivity index (χ3v) is 3.85. The first-order valence-electron chi connectivity index (χ1n) is 7.81. The van der Waals surface area contributed by atoms with Gasteiger partial charge < -0.3 is 14.5 Å². The number of rotatable bonds is 4. The van der Waals surface area contributed by atoms with Crippen LogP contribution >= 0.6 is 0 Å². The molecule has 120 valence electrons. The minimum atomic E-state index is 0.786. The first-order valence-corrected chi connectivity index (χ1v) is 7.81. The Bertz CT molecular complexity index is 857. The van der Waals surface area contributed by atoms with Crippen LogP contribution in [0.2, 0.25) is 0 Å². The lowest BCUT2D eigenvalue weighted by Crippen LogP contribution is -2.21. The standard InChI is InChI=1S/C19H18N4O/c1-21-11-12-22(15-21)16-5-2-7-18(13-16)24-19-8-3-6-17(14-19)23-10-4-9-20-23/h2-14H,15H2,1H3. The van der Waals surface area contributed by atoms with Gasteiger partial charge in [-0.2, -0.15) is 5.10 Å². The smallest absolute Gasteiger partial charge is 0.129 e. The second kappa shape index (κ2) is 6.12. The summed E-state index contributed by atoms with van der Waals surface area (Å²) in [4.78, 5) is 4.30. The molecule has 0 atom stereocenters. The largest absolute Gasteiger partial charge is 0.457 e. The highest BCUT2D eigenvalue weighted by atomic mass is 16.5. The van der Waals surface area contributed by atoms with E-state index in [1.54, 1.807) is 6.20 Å². The Labute approximate surface area is 141 Å². The quantitative estimate of drug-likeness (QED) is 0.732. The molecular weight excluding hydrogens is 300 g/mol. The molecule has 0 fully saturated rings. The Morgan fingerprint density at radius 3 is 2.33 bits per heavy atom. The van der Waals surface area contributed by atoms with Crippen molar-refractivity contribution in [2.24, 2.45) is 0 Å². The fraction of sp³-hybridized carbons (Fsp3) is 0.105. The van der Waals surface area contributed by atoms with Gasteiger partial charge in [-0.15, -0.1) is 0 Å². The van der Waals surface area contributed by atoms with E-state index in [0.717, 1.165) is 29.5 Å². The molecule has 0 bridgehead atoms. The van der Waals surface area contributed by atoms with E-state index in [4.69, 9.17) is 4.74 Å². The molecule has 0 radical (unpaired) electrons. The SMILES string of the molecule is CN1C=CN(c2cccc(Oc3cccc(-n4cccn4)c3)c2)C1. The molecule has 1 aromatic heterocycles. The highest BCUT2D eigenvalue weighted by molar-refractivity contribution is 5.54. The number of benzene rings is 2. The molecule has 0 unspecified atom stereocenters. The molecule has 0 amide bonds. The normalized spacial score (nSPS) is 13.5. The summed E-state index contributed by atoms with van der Waals surface area (Å²) < 4.78 is 7.85. The van der Waals surface area contributed by atoms with E-state index in [9.17, 15) is 0 Å². The summed E-state index contributed by atoms with van der Waals surface area (Å²) in [5.74, 6) is 1.60. The summed E-state index contributed by atoms with van der Waals surface area (Å²) in [7, 11) is 2.05. The van der Waals surface area contributed by atoms with Gasteiger partial charge in [-0.25, -0.2) is 4.68 Å². The van der Waals surface area contributed by atoms with E-state index in [-0.39, 0.29) is 0 Å². The second-order valence-corrected chi connectivity index (χ2v) is 5.71. The Hall–Kier alpha value is -3.21. The Kier molecular flexibility index (Phi) is 3.67. The topological polar surface area (TPSA) is 33.5 Å². The van der Waals surface area contributed by atoms with Crippen LogP contribution in [0.3, 0.4) is 0 Å². The van der Waals surface area contributed by atoms with E-state index in [2.05, 4.69) is 40.4 Å². The molecule has 2 aromatic carbocycles. The van der Waals surface area contributed by atoms with Crippen LogP contribution in [-0.2, 0) is 0 Å². The molecule has 24 heavy (non-hydrogen) atoms. The molecule has 0 N–H and O–H groups in total. The van der Waals surface area contributed by atoms with Crippen molar-refractivity contribution in [2.45, 2.75) is 0 Å². The van der Waals surface area contributed by atoms with E-state index in [1.165, 1.54) is 0 Å². The molecule has 5 nitrogen and oxygen atoms in total. The van der Waals surface area contributed by atoms with Crippen LogP contribution in [0.4, 0.5) is 5.69 Å². The van der Waals surface area contributed by atoms with Crippen molar-refractivity contribution in [3.05, 3.63) is 79.4 Å². The fourth-order valence-corrected chi connectivity index (χ4v) is 2.67. The van der Waals surface area contributed by atoms with Crippen molar-refractivity contribution in [2.75, 3.05) is 18.6 Å². The van der Waals surface area contributed by atoms with Crippen LogP contribution in [0.1, 0.15) is 0 Å². The zero-order valence-electron chi connectivity index (χ0n) is 13.4. The van der Waals surface area contributed by atoms with Crippen LogP contribution in [0, 0.1) is 0 Å². The summed E-state index contributed by atoms with van der Waals surface area (Å²) in [6, 6.07) is 17.9. The van der Waals surface area contributed by atoms with Crippen molar-refractivity contribution < 1.29 is 4.74 Å². The van der Waals surface area contributed by atoms with Crippen molar-refractivity contribution in [1.29, 1.82) is 0 Å². The van der Waals surface area contributed by atoms with Crippen molar-refractivity contribution in [3.63, 3.8) is 0 Å². The first kappa shape index (κ1) is 14.4. The van der Waals surface area contributed by atoms with E-state index in [0.29, 0.717) is 0 Å². The number of hydrogen-bond donors (Lipinski definition) is 0. The van der Waals surface area contributed by atoms with Gasteiger partial charge in [0.1, 0.15) is 11.5 Å². The molecule has 1 aliphatic rings. The average molecular weight is 318 g/mol. The molecular formula is C19H18N4O. The minimum Gasteiger partial charge on any atom is -0.457 e. The Balaban J connectivity index is 1.55. The van der Waals surface area contributed by atoms with E-state index in [1.807, 2.05) is 59.4 Å². The first-order chi connectivity index (χ1) is 11.8. The van der Waals surface area contributed by atoms with Crippen LogP contribution in [-0.4, -0.2) is 28.4 Å². The highest BCUT2D eigenvalue weighted by Gasteiger charge is 2.11. The number of hydrogen-bond acceptors (Lipinski definition) is 4. The molecule has 5 heteroatoms. The summed E-state index contributed by atoms with van der Waals surface area (Å²) in [5, 5.41) is 4.25. The Morgan fingerprint density at radius 2 is 1.67 bits per heavy atom. The van der Waals surface area contributed by atoms with E-state index < -0.39 is 0 Å². The van der Waals surface area contributed by atoms with Crippen LogP contribution in [0.25, 0.3) is 5.69 Å². The summed E-state index contributed by atoms with van der Waals surface area (Å²) >= 11 is 0. The number of aromatic nitrogens is 2. The third-order valence-electron chi connectivity index (χ3n) is 3.85. The van der Waals surface area contributed by atoms with Gasteiger partial charge >= 0.3 is 0 Å². The van der Waals surface area contributed by atoms with Crippen molar-refractivity contribution >= 4 is 5.69 Å². The van der Waals surface area contributed by atoms with Gasteiger partial charge in [0.2, 0.25) is 0 Å². The number of nitrogens with zero attached hydrogens (tertiary/aromatic N) is 4. The monoisotopic (exact) mass is 318 g/mol. The maximum absolute atomic E-state index is 6.04. The van der Waals surface area contributed by atoms with Gasteiger partial charge in [0, 0.05) is 49.7 Å². The molecule has 2 heterocycles. The summed E-state index contributed by atoms with van der Waals surface area (Å²) in [6.45, 7) is 0.845. The maximum Gasteiger partial charge on any atom is 0.129 e. The molecule has 4 rings (SSSR count). The fourth-order valence-electron chi connectivity index (χ4n) is 2.67. The molecule has 0 saturated heterocycles. The molecule has 0 saturated carbocycles.